The molecule has 0 aliphatic carbocycles. The summed E-state index contributed by atoms with van der Waals surface area (Å²) in [4.78, 5) is 30.5. The van der Waals surface area contributed by atoms with E-state index in [1.54, 1.807) is 7.05 Å². The van der Waals surface area contributed by atoms with Gasteiger partial charge in [-0.3, -0.25) is 14.5 Å². The summed E-state index contributed by atoms with van der Waals surface area (Å²) in [6.07, 6.45) is 6.70. The van der Waals surface area contributed by atoms with E-state index in [9.17, 15) is 9.59 Å². The van der Waals surface area contributed by atoms with Crippen LogP contribution in [0.15, 0.2) is 30.9 Å². The molecule has 0 aliphatic rings. The Bertz CT molecular complexity index is 693. The fraction of sp³-hybridized carbons (Fsp3) is 0.154. The maximum absolute atomic E-state index is 12.1. The third kappa shape index (κ3) is 3.96. The van der Waals surface area contributed by atoms with Gasteiger partial charge in [-0.25, -0.2) is 9.78 Å². The molecule has 0 atom stereocenters. The molecule has 0 aliphatic heterocycles. The normalized spacial score (nSPS) is 10.7. The molecule has 2 N–H and O–H groups in total. The average molecular weight is 287 g/mol. The van der Waals surface area contributed by atoms with Crippen LogP contribution in [0, 0.1) is 0 Å². The van der Waals surface area contributed by atoms with Gasteiger partial charge in [0.2, 0.25) is 0 Å². The first-order chi connectivity index (χ1) is 10.1. The van der Waals surface area contributed by atoms with Crippen molar-refractivity contribution in [2.45, 2.75) is 6.54 Å². The van der Waals surface area contributed by atoms with Crippen LogP contribution in [0.4, 0.5) is 0 Å². The molecule has 21 heavy (non-hydrogen) atoms. The summed E-state index contributed by atoms with van der Waals surface area (Å²) >= 11 is 0. The Balaban J connectivity index is 2.10. The van der Waals surface area contributed by atoms with E-state index < -0.39 is 5.97 Å². The van der Waals surface area contributed by atoms with E-state index in [1.807, 2.05) is 0 Å². The molecule has 0 saturated heterocycles. The maximum Gasteiger partial charge on any atom is 0.328 e. The predicted octanol–water partition coefficient (Wildman–Crippen LogP) is 0.238. The number of pyridine rings is 1. The standard InChI is InChI=1S/C13H13N5O3/c1-18-8-16-11(17-18)7-15-13(21)10-4-5-14-6-9(10)2-3-12(19)20/h2-6,8H,7H2,1H3,(H,15,21)(H,19,20)/b3-2+. The lowest BCUT2D eigenvalue weighted by atomic mass is 10.1. The SMILES string of the molecule is Cn1cnc(CNC(=O)c2ccncc2/C=C/C(=O)O)n1. The zero-order chi connectivity index (χ0) is 15.2. The number of rotatable bonds is 5. The number of aromatic nitrogens is 4. The van der Waals surface area contributed by atoms with Gasteiger partial charge in [0.25, 0.3) is 5.91 Å². The number of hydrogen-bond donors (Lipinski definition) is 2. The van der Waals surface area contributed by atoms with Crippen LogP contribution >= 0.6 is 0 Å². The molecule has 0 unspecified atom stereocenters. The van der Waals surface area contributed by atoms with Crippen LogP contribution in [-0.2, 0) is 18.4 Å². The second-order valence-electron chi connectivity index (χ2n) is 4.15. The van der Waals surface area contributed by atoms with Gasteiger partial charge >= 0.3 is 5.97 Å². The Morgan fingerprint density at radius 3 is 2.95 bits per heavy atom. The number of carbonyl (C=O) groups excluding carboxylic acids is 1. The maximum atomic E-state index is 12.1. The van der Waals surface area contributed by atoms with Crippen molar-refractivity contribution in [1.29, 1.82) is 0 Å². The van der Waals surface area contributed by atoms with Crippen LogP contribution in [0.25, 0.3) is 6.08 Å². The van der Waals surface area contributed by atoms with Crippen molar-refractivity contribution in [3.05, 3.63) is 47.8 Å². The fourth-order valence-corrected chi connectivity index (χ4v) is 1.63. The Kier molecular flexibility index (Phi) is 4.39. The Morgan fingerprint density at radius 2 is 2.29 bits per heavy atom. The van der Waals surface area contributed by atoms with Crippen molar-refractivity contribution in [3.63, 3.8) is 0 Å². The number of aryl methyl sites for hydroxylation is 1. The van der Waals surface area contributed by atoms with Crippen LogP contribution in [0.3, 0.4) is 0 Å². The van der Waals surface area contributed by atoms with Crippen molar-refractivity contribution in [2.24, 2.45) is 7.05 Å². The first-order valence-electron chi connectivity index (χ1n) is 6.04. The molecule has 2 heterocycles. The van der Waals surface area contributed by atoms with Gasteiger partial charge in [-0.15, -0.1) is 0 Å². The van der Waals surface area contributed by atoms with Gasteiger partial charge < -0.3 is 10.4 Å². The van der Waals surface area contributed by atoms with Crippen molar-refractivity contribution >= 4 is 18.0 Å². The highest BCUT2D eigenvalue weighted by atomic mass is 16.4. The smallest absolute Gasteiger partial charge is 0.328 e. The molecule has 2 rings (SSSR count). The number of amides is 1. The molecular weight excluding hydrogens is 274 g/mol. The highest BCUT2D eigenvalue weighted by Gasteiger charge is 2.10. The van der Waals surface area contributed by atoms with Gasteiger partial charge in [-0.05, 0) is 12.1 Å². The largest absolute Gasteiger partial charge is 0.478 e. The zero-order valence-electron chi connectivity index (χ0n) is 11.2. The van der Waals surface area contributed by atoms with Gasteiger partial charge in [-0.1, -0.05) is 0 Å². The van der Waals surface area contributed by atoms with Crippen molar-refractivity contribution in [1.82, 2.24) is 25.1 Å². The topological polar surface area (TPSA) is 110 Å². The monoisotopic (exact) mass is 287 g/mol. The highest BCUT2D eigenvalue weighted by molar-refractivity contribution is 5.98. The summed E-state index contributed by atoms with van der Waals surface area (Å²) in [7, 11) is 1.73. The van der Waals surface area contributed by atoms with Crippen LogP contribution in [0.2, 0.25) is 0 Å². The number of carbonyl (C=O) groups is 2. The van der Waals surface area contributed by atoms with Gasteiger partial charge in [-0.2, -0.15) is 5.10 Å². The predicted molar refractivity (Wildman–Crippen MR) is 73.1 cm³/mol. The van der Waals surface area contributed by atoms with Crippen LogP contribution in [0.5, 0.6) is 0 Å². The van der Waals surface area contributed by atoms with E-state index in [4.69, 9.17) is 5.11 Å². The van der Waals surface area contributed by atoms with Crippen LogP contribution in [0.1, 0.15) is 21.7 Å². The van der Waals surface area contributed by atoms with Crippen LogP contribution < -0.4 is 5.32 Å². The summed E-state index contributed by atoms with van der Waals surface area (Å²) in [6, 6.07) is 1.52. The summed E-state index contributed by atoms with van der Waals surface area (Å²) in [5.74, 6) is -0.958. The molecule has 8 nitrogen and oxygen atoms in total. The average Bonchev–Trinajstić information content (AvgIpc) is 2.88. The van der Waals surface area contributed by atoms with Crippen molar-refractivity contribution in [3.8, 4) is 0 Å². The minimum Gasteiger partial charge on any atom is -0.478 e. The molecule has 8 heteroatoms. The first kappa shape index (κ1) is 14.4. The zero-order valence-corrected chi connectivity index (χ0v) is 11.2. The van der Waals surface area contributed by atoms with E-state index in [-0.39, 0.29) is 12.5 Å². The highest BCUT2D eigenvalue weighted by Crippen LogP contribution is 2.09. The molecule has 2 aromatic rings. The van der Waals surface area contributed by atoms with E-state index in [2.05, 4.69) is 20.4 Å². The summed E-state index contributed by atoms with van der Waals surface area (Å²) in [5.41, 5.74) is 0.754. The van der Waals surface area contributed by atoms with Gasteiger partial charge in [0, 0.05) is 36.6 Å². The molecule has 0 bridgehead atoms. The van der Waals surface area contributed by atoms with Gasteiger partial charge in [0.05, 0.1) is 6.54 Å². The van der Waals surface area contributed by atoms with E-state index in [0.717, 1.165) is 6.08 Å². The molecule has 2 aromatic heterocycles. The molecule has 0 spiro atoms. The first-order valence-corrected chi connectivity index (χ1v) is 6.04. The third-order valence-corrected chi connectivity index (χ3v) is 2.56. The second kappa shape index (κ2) is 6.42. The molecular formula is C13H13N5O3. The van der Waals surface area contributed by atoms with E-state index in [0.29, 0.717) is 17.0 Å². The quantitative estimate of drug-likeness (QED) is 0.762. The number of hydrogen-bond acceptors (Lipinski definition) is 5. The lowest BCUT2D eigenvalue weighted by Crippen LogP contribution is -2.24. The van der Waals surface area contributed by atoms with E-state index in [1.165, 1.54) is 35.5 Å². The van der Waals surface area contributed by atoms with Crippen molar-refractivity contribution in [2.75, 3.05) is 0 Å². The summed E-state index contributed by atoms with van der Waals surface area (Å²) in [5, 5.41) is 15.3. The van der Waals surface area contributed by atoms with E-state index >= 15 is 0 Å². The molecule has 0 fully saturated rings. The van der Waals surface area contributed by atoms with Crippen LogP contribution in [-0.4, -0.2) is 36.7 Å². The molecule has 0 aromatic carbocycles. The third-order valence-electron chi connectivity index (χ3n) is 2.56. The second-order valence-corrected chi connectivity index (χ2v) is 4.15. The summed E-state index contributed by atoms with van der Waals surface area (Å²) in [6.45, 7) is 0.185. The molecule has 0 radical (unpaired) electrons. The number of carboxylic acid groups (broad SMARTS) is 1. The van der Waals surface area contributed by atoms with Gasteiger partial charge in [0.1, 0.15) is 6.33 Å². The minimum absolute atomic E-state index is 0.185. The Hall–Kier alpha value is -3.03. The Morgan fingerprint density at radius 1 is 1.48 bits per heavy atom. The minimum atomic E-state index is -1.09. The lowest BCUT2D eigenvalue weighted by molar-refractivity contribution is -0.131. The molecule has 108 valence electrons. The number of carboxylic acids is 1. The lowest BCUT2D eigenvalue weighted by Gasteiger charge is -2.05. The fourth-order valence-electron chi connectivity index (χ4n) is 1.63. The molecule has 0 saturated carbocycles. The van der Waals surface area contributed by atoms with Crippen molar-refractivity contribution < 1.29 is 14.7 Å². The van der Waals surface area contributed by atoms with Gasteiger partial charge in [0.15, 0.2) is 5.82 Å². The number of aliphatic carboxylic acids is 1. The Labute approximate surface area is 120 Å². The summed E-state index contributed by atoms with van der Waals surface area (Å²) < 4.78 is 1.54. The number of nitrogens with one attached hydrogen (secondary N) is 1. The number of nitrogens with zero attached hydrogens (tertiary/aromatic N) is 4. The molecule has 1 amide bonds.